The van der Waals surface area contributed by atoms with Crippen molar-refractivity contribution in [3.05, 3.63) is 59.7 Å². The molecular weight excluding hydrogens is 448 g/mol. The first-order valence-corrected chi connectivity index (χ1v) is 10.6. The van der Waals surface area contributed by atoms with Crippen LogP contribution in [-0.2, 0) is 23.7 Å². The van der Waals surface area contributed by atoms with Crippen molar-refractivity contribution in [3.8, 4) is 11.5 Å². The summed E-state index contributed by atoms with van der Waals surface area (Å²) >= 11 is 0. The van der Waals surface area contributed by atoms with Gasteiger partial charge in [0.15, 0.2) is 0 Å². The molecule has 0 saturated carbocycles. The smallest absolute Gasteiger partial charge is 0.339 e. The number of aliphatic hydroxyl groups is 1. The minimum absolute atomic E-state index is 0.00313. The Hall–Kier alpha value is -3.63. The third-order valence-corrected chi connectivity index (χ3v) is 4.50. The van der Waals surface area contributed by atoms with E-state index < -0.39 is 24.0 Å². The Bertz CT molecular complexity index is 968. The summed E-state index contributed by atoms with van der Waals surface area (Å²) in [6.45, 7) is 1.77. The highest BCUT2D eigenvalue weighted by atomic mass is 16.6. The number of ether oxygens (including phenoxy) is 6. The van der Waals surface area contributed by atoms with Crippen LogP contribution in [0.5, 0.6) is 11.5 Å². The second-order valence-electron chi connectivity index (χ2n) is 7.32. The molecule has 2 unspecified atom stereocenters. The fraction of sp³-hybridized carbons (Fsp3) is 0.375. The molecule has 2 aromatic rings. The van der Waals surface area contributed by atoms with Crippen molar-refractivity contribution in [2.24, 2.45) is 0 Å². The number of benzene rings is 2. The van der Waals surface area contributed by atoms with Crippen LogP contribution in [0.1, 0.15) is 27.6 Å². The minimum atomic E-state index is -1.09. The van der Waals surface area contributed by atoms with Crippen LogP contribution in [0.25, 0.3) is 0 Å². The highest BCUT2D eigenvalue weighted by molar-refractivity contribution is 6.03. The summed E-state index contributed by atoms with van der Waals surface area (Å²) in [6, 6.07) is 12.8. The molecule has 3 rings (SSSR count). The van der Waals surface area contributed by atoms with Crippen molar-refractivity contribution >= 4 is 17.9 Å². The lowest BCUT2D eigenvalue weighted by Crippen LogP contribution is -2.26. The Kier molecular flexibility index (Phi) is 9.24. The third-order valence-electron chi connectivity index (χ3n) is 4.50. The average molecular weight is 474 g/mol. The summed E-state index contributed by atoms with van der Waals surface area (Å²) in [5, 5.41) is 10.1. The first kappa shape index (κ1) is 25.0. The lowest BCUT2D eigenvalue weighted by molar-refractivity contribution is -0.142. The van der Waals surface area contributed by atoms with E-state index in [-0.39, 0.29) is 43.7 Å². The van der Waals surface area contributed by atoms with E-state index in [0.717, 1.165) is 6.61 Å². The summed E-state index contributed by atoms with van der Waals surface area (Å²) in [5.74, 6) is -0.857. The lowest BCUT2D eigenvalue weighted by atomic mass is 10.1. The molecule has 1 heterocycles. The number of rotatable bonds is 13. The van der Waals surface area contributed by atoms with Gasteiger partial charge in [-0.2, -0.15) is 0 Å². The van der Waals surface area contributed by atoms with Gasteiger partial charge < -0.3 is 33.5 Å². The van der Waals surface area contributed by atoms with Crippen LogP contribution in [0, 0.1) is 0 Å². The van der Waals surface area contributed by atoms with Crippen molar-refractivity contribution in [1.82, 2.24) is 0 Å². The molecule has 0 radical (unpaired) electrons. The fourth-order valence-corrected chi connectivity index (χ4v) is 2.71. The van der Waals surface area contributed by atoms with E-state index in [9.17, 15) is 19.5 Å². The molecule has 2 aromatic carbocycles. The molecule has 0 aliphatic carbocycles. The van der Waals surface area contributed by atoms with Crippen molar-refractivity contribution in [1.29, 1.82) is 0 Å². The highest BCUT2D eigenvalue weighted by Gasteiger charge is 2.23. The zero-order valence-electron chi connectivity index (χ0n) is 18.6. The molecule has 0 amide bonds. The summed E-state index contributed by atoms with van der Waals surface area (Å²) in [7, 11) is 0. The molecular formula is C24H26O10. The van der Waals surface area contributed by atoms with Crippen LogP contribution in [0.4, 0.5) is 0 Å². The van der Waals surface area contributed by atoms with E-state index in [0.29, 0.717) is 18.1 Å². The van der Waals surface area contributed by atoms with Crippen molar-refractivity contribution in [3.63, 3.8) is 0 Å². The van der Waals surface area contributed by atoms with Crippen molar-refractivity contribution in [2.75, 3.05) is 39.6 Å². The number of esters is 3. The SMILES string of the molecule is CC(=O)OCCOC(=O)c1ccccc1C(=O)OCC(O)COc1ccc(OCC2CO2)cc1. The second-order valence-corrected chi connectivity index (χ2v) is 7.32. The zero-order chi connectivity index (χ0) is 24.3. The van der Waals surface area contributed by atoms with Gasteiger partial charge in [-0.05, 0) is 36.4 Å². The van der Waals surface area contributed by atoms with E-state index in [1.165, 1.54) is 19.1 Å². The summed E-state index contributed by atoms with van der Waals surface area (Å²) in [4.78, 5) is 35.5. The van der Waals surface area contributed by atoms with Gasteiger partial charge >= 0.3 is 17.9 Å². The molecule has 1 aliphatic rings. The molecule has 1 N–H and O–H groups in total. The third kappa shape index (κ3) is 8.38. The first-order valence-electron chi connectivity index (χ1n) is 10.6. The molecule has 0 bridgehead atoms. The Morgan fingerprint density at radius 1 is 0.882 bits per heavy atom. The first-order chi connectivity index (χ1) is 16.4. The van der Waals surface area contributed by atoms with Gasteiger partial charge in [-0.25, -0.2) is 9.59 Å². The van der Waals surface area contributed by atoms with Crippen molar-refractivity contribution < 1.29 is 47.9 Å². The van der Waals surface area contributed by atoms with Crippen LogP contribution in [0.15, 0.2) is 48.5 Å². The Labute approximate surface area is 196 Å². The second kappa shape index (κ2) is 12.6. The zero-order valence-corrected chi connectivity index (χ0v) is 18.6. The van der Waals surface area contributed by atoms with E-state index in [4.69, 9.17) is 28.4 Å². The van der Waals surface area contributed by atoms with Gasteiger partial charge in [0.25, 0.3) is 0 Å². The normalized spacial score (nSPS) is 15.1. The monoisotopic (exact) mass is 474 g/mol. The van der Waals surface area contributed by atoms with Gasteiger partial charge in [-0.3, -0.25) is 4.79 Å². The number of carbonyl (C=O) groups excluding carboxylic acids is 3. The standard InChI is InChI=1S/C24H26O10/c1-16(25)29-10-11-30-23(27)21-4-2-3-5-22(21)24(28)34-13-17(26)12-31-18-6-8-19(9-7-18)32-14-20-15-33-20/h2-9,17,20,26H,10-15H2,1H3. The number of hydrogen-bond donors (Lipinski definition) is 1. The van der Waals surface area contributed by atoms with Crippen molar-refractivity contribution in [2.45, 2.75) is 19.1 Å². The topological polar surface area (TPSA) is 130 Å². The van der Waals surface area contributed by atoms with E-state index in [1.54, 1.807) is 36.4 Å². The van der Waals surface area contributed by atoms with Gasteiger partial charge in [0.2, 0.25) is 0 Å². The number of hydrogen-bond acceptors (Lipinski definition) is 10. The van der Waals surface area contributed by atoms with Crippen LogP contribution in [0.3, 0.4) is 0 Å². The quantitative estimate of drug-likeness (QED) is 0.198. The molecule has 2 atom stereocenters. The lowest BCUT2D eigenvalue weighted by Gasteiger charge is -2.14. The molecule has 1 saturated heterocycles. The molecule has 1 fully saturated rings. The summed E-state index contributed by atoms with van der Waals surface area (Å²) in [5.41, 5.74) is -0.0167. The number of epoxide rings is 1. The number of carbonyl (C=O) groups is 3. The molecule has 10 heteroatoms. The molecule has 0 spiro atoms. The fourth-order valence-electron chi connectivity index (χ4n) is 2.71. The van der Waals surface area contributed by atoms with Gasteiger partial charge in [-0.1, -0.05) is 12.1 Å². The molecule has 1 aliphatic heterocycles. The maximum atomic E-state index is 12.4. The largest absolute Gasteiger partial charge is 0.491 e. The minimum Gasteiger partial charge on any atom is -0.491 e. The maximum Gasteiger partial charge on any atom is 0.339 e. The van der Waals surface area contributed by atoms with Crippen LogP contribution >= 0.6 is 0 Å². The summed E-state index contributed by atoms with van der Waals surface area (Å²) in [6.07, 6.45) is -0.923. The molecule has 0 aromatic heterocycles. The van der Waals surface area contributed by atoms with Gasteiger partial charge in [-0.15, -0.1) is 0 Å². The van der Waals surface area contributed by atoms with Crippen LogP contribution < -0.4 is 9.47 Å². The van der Waals surface area contributed by atoms with Gasteiger partial charge in [0.1, 0.15) is 56.7 Å². The molecule has 10 nitrogen and oxygen atoms in total. The van der Waals surface area contributed by atoms with Crippen LogP contribution in [-0.4, -0.2) is 74.9 Å². The Morgan fingerprint density at radius 3 is 2.03 bits per heavy atom. The van der Waals surface area contributed by atoms with E-state index in [2.05, 4.69) is 0 Å². The summed E-state index contributed by atoms with van der Waals surface area (Å²) < 4.78 is 31.0. The van der Waals surface area contributed by atoms with Crippen LogP contribution in [0.2, 0.25) is 0 Å². The Morgan fingerprint density at radius 2 is 1.44 bits per heavy atom. The molecule has 34 heavy (non-hydrogen) atoms. The average Bonchev–Trinajstić information content (AvgIpc) is 3.67. The van der Waals surface area contributed by atoms with E-state index >= 15 is 0 Å². The Balaban J connectivity index is 1.42. The van der Waals surface area contributed by atoms with Gasteiger partial charge in [0, 0.05) is 6.92 Å². The van der Waals surface area contributed by atoms with E-state index in [1.807, 2.05) is 0 Å². The maximum absolute atomic E-state index is 12.4. The predicted molar refractivity (Wildman–Crippen MR) is 117 cm³/mol. The highest BCUT2D eigenvalue weighted by Crippen LogP contribution is 2.19. The number of aliphatic hydroxyl groups excluding tert-OH is 1. The molecule has 182 valence electrons. The predicted octanol–water partition coefficient (Wildman–Crippen LogP) is 1.78. The van der Waals surface area contributed by atoms with Gasteiger partial charge in [0.05, 0.1) is 17.7 Å².